The number of alkyl carbamates (subject to hydrolysis) is 1. The maximum absolute atomic E-state index is 12.2. The van der Waals surface area contributed by atoms with Crippen LogP contribution < -0.4 is 10.6 Å². The van der Waals surface area contributed by atoms with Crippen LogP contribution in [0.4, 0.5) is 4.79 Å². The van der Waals surface area contributed by atoms with E-state index in [1.165, 1.54) is 0 Å². The Morgan fingerprint density at radius 1 is 1.04 bits per heavy atom. The third-order valence-corrected chi connectivity index (χ3v) is 4.72. The molecule has 0 unspecified atom stereocenters. The highest BCUT2D eigenvalue weighted by Crippen LogP contribution is 2.28. The van der Waals surface area contributed by atoms with Gasteiger partial charge in [-0.1, -0.05) is 0 Å². The first-order valence-electron chi connectivity index (χ1n) is 9.77. The van der Waals surface area contributed by atoms with E-state index in [9.17, 15) is 14.4 Å². The number of piperidine rings is 1. The second-order valence-electron chi connectivity index (χ2n) is 8.38. The van der Waals surface area contributed by atoms with Crippen LogP contribution in [0.15, 0.2) is 0 Å². The number of amides is 3. The van der Waals surface area contributed by atoms with Crippen LogP contribution in [0.5, 0.6) is 0 Å². The molecule has 3 amide bonds. The van der Waals surface area contributed by atoms with Crippen LogP contribution in [0, 0.1) is 11.8 Å². The summed E-state index contributed by atoms with van der Waals surface area (Å²) >= 11 is 0. The van der Waals surface area contributed by atoms with E-state index >= 15 is 0 Å². The van der Waals surface area contributed by atoms with Gasteiger partial charge in [0.25, 0.3) is 0 Å². The number of hydrogen-bond acceptors (Lipinski definition) is 4. The van der Waals surface area contributed by atoms with Gasteiger partial charge in [0.05, 0.1) is 0 Å². The van der Waals surface area contributed by atoms with E-state index in [1.807, 2.05) is 25.7 Å². The predicted molar refractivity (Wildman–Crippen MR) is 98.5 cm³/mol. The Hall–Kier alpha value is -1.79. The Morgan fingerprint density at radius 2 is 1.69 bits per heavy atom. The maximum atomic E-state index is 12.2. The number of hydrogen-bond donors (Lipinski definition) is 2. The van der Waals surface area contributed by atoms with Gasteiger partial charge in [-0.25, -0.2) is 4.79 Å². The first-order chi connectivity index (χ1) is 12.2. The summed E-state index contributed by atoms with van der Waals surface area (Å²) in [5.41, 5.74) is -0.488. The number of rotatable bonds is 7. The monoisotopic (exact) mass is 367 g/mol. The van der Waals surface area contributed by atoms with Crippen LogP contribution in [-0.4, -0.2) is 54.6 Å². The van der Waals surface area contributed by atoms with Crippen LogP contribution in [0.1, 0.15) is 59.3 Å². The highest BCUT2D eigenvalue weighted by molar-refractivity contribution is 5.81. The zero-order valence-electron chi connectivity index (χ0n) is 16.3. The molecule has 0 aromatic carbocycles. The third-order valence-electron chi connectivity index (χ3n) is 4.72. The minimum absolute atomic E-state index is 0.135. The Kier molecular flexibility index (Phi) is 7.29. The molecule has 0 aromatic heterocycles. The van der Waals surface area contributed by atoms with Crippen molar-refractivity contribution in [3.8, 4) is 0 Å². The minimum Gasteiger partial charge on any atom is -0.444 e. The molecule has 2 aliphatic rings. The van der Waals surface area contributed by atoms with Crippen molar-refractivity contribution >= 4 is 17.9 Å². The first-order valence-corrected chi connectivity index (χ1v) is 9.77. The summed E-state index contributed by atoms with van der Waals surface area (Å²) in [7, 11) is 0. The molecule has 1 aliphatic heterocycles. The Balaban J connectivity index is 1.54. The van der Waals surface area contributed by atoms with Gasteiger partial charge >= 0.3 is 6.09 Å². The highest BCUT2D eigenvalue weighted by atomic mass is 16.6. The molecule has 148 valence electrons. The van der Waals surface area contributed by atoms with E-state index in [1.54, 1.807) is 0 Å². The third kappa shape index (κ3) is 7.62. The van der Waals surface area contributed by atoms with Crippen LogP contribution in [0.3, 0.4) is 0 Å². The first kappa shape index (κ1) is 20.5. The van der Waals surface area contributed by atoms with Crippen LogP contribution in [0.2, 0.25) is 0 Å². The van der Waals surface area contributed by atoms with E-state index in [-0.39, 0.29) is 23.8 Å². The second-order valence-corrected chi connectivity index (χ2v) is 8.38. The van der Waals surface area contributed by atoms with Crippen molar-refractivity contribution in [2.45, 2.75) is 64.9 Å². The van der Waals surface area contributed by atoms with Crippen molar-refractivity contribution in [1.29, 1.82) is 0 Å². The van der Waals surface area contributed by atoms with Gasteiger partial charge in [0.15, 0.2) is 0 Å². The molecule has 0 radical (unpaired) electrons. The Bertz CT molecular complexity index is 503. The summed E-state index contributed by atoms with van der Waals surface area (Å²) in [5, 5.41) is 5.71. The van der Waals surface area contributed by atoms with Gasteiger partial charge in [0, 0.05) is 38.5 Å². The number of likely N-dealkylation sites (tertiary alicyclic amines) is 1. The number of nitrogens with one attached hydrogen (secondary N) is 2. The predicted octanol–water partition coefficient (Wildman–Crippen LogP) is 2.06. The fraction of sp³-hybridized carbons (Fsp3) is 0.842. The van der Waals surface area contributed by atoms with Gasteiger partial charge in [-0.2, -0.15) is 0 Å². The number of carbonyl (C=O) groups is 3. The minimum atomic E-state index is -0.488. The molecule has 2 fully saturated rings. The summed E-state index contributed by atoms with van der Waals surface area (Å²) in [6.45, 7) is 8.15. The molecular formula is C19H33N3O4. The van der Waals surface area contributed by atoms with Crippen LogP contribution >= 0.6 is 0 Å². The Morgan fingerprint density at radius 3 is 2.27 bits per heavy atom. The summed E-state index contributed by atoms with van der Waals surface area (Å²) in [6.07, 6.45) is 4.57. The highest BCUT2D eigenvalue weighted by Gasteiger charge is 2.29. The summed E-state index contributed by atoms with van der Waals surface area (Å²) in [4.78, 5) is 37.4. The summed E-state index contributed by atoms with van der Waals surface area (Å²) in [5.74, 6) is 0.892. The van der Waals surface area contributed by atoms with Crippen LogP contribution in [0.25, 0.3) is 0 Å². The molecule has 0 aromatic rings. The summed E-state index contributed by atoms with van der Waals surface area (Å²) in [6, 6.07) is 0. The van der Waals surface area contributed by atoms with E-state index in [0.717, 1.165) is 38.8 Å². The van der Waals surface area contributed by atoms with E-state index in [0.29, 0.717) is 31.8 Å². The number of ether oxygens (including phenoxy) is 1. The molecule has 0 atom stereocenters. The van der Waals surface area contributed by atoms with Gasteiger partial charge in [-0.3, -0.25) is 9.59 Å². The largest absolute Gasteiger partial charge is 0.444 e. The summed E-state index contributed by atoms with van der Waals surface area (Å²) < 4.78 is 5.23. The SMILES string of the molecule is CC(C)(C)OC(=O)NCC1CCN(C(=O)CCCNC(=O)C2CC2)CC1. The number of carbonyl (C=O) groups excluding carboxylic acids is 3. The molecule has 7 nitrogen and oxygen atoms in total. The van der Waals surface area contributed by atoms with E-state index in [2.05, 4.69) is 10.6 Å². The van der Waals surface area contributed by atoms with Gasteiger partial charge in [0.2, 0.25) is 11.8 Å². The molecule has 26 heavy (non-hydrogen) atoms. The topological polar surface area (TPSA) is 87.7 Å². The lowest BCUT2D eigenvalue weighted by atomic mass is 9.96. The van der Waals surface area contributed by atoms with E-state index in [4.69, 9.17) is 4.74 Å². The van der Waals surface area contributed by atoms with Gasteiger partial charge in [-0.15, -0.1) is 0 Å². The smallest absolute Gasteiger partial charge is 0.407 e. The molecule has 1 saturated carbocycles. The molecule has 1 aliphatic carbocycles. The number of nitrogens with zero attached hydrogens (tertiary/aromatic N) is 1. The lowest BCUT2D eigenvalue weighted by Gasteiger charge is -2.32. The maximum Gasteiger partial charge on any atom is 0.407 e. The van der Waals surface area contributed by atoms with Crippen molar-refractivity contribution in [3.05, 3.63) is 0 Å². The molecule has 0 spiro atoms. The standard InChI is InChI=1S/C19H33N3O4/c1-19(2,3)26-18(25)21-13-14-8-11-22(12-9-14)16(23)5-4-10-20-17(24)15-6-7-15/h14-15H,4-13H2,1-3H3,(H,20,24)(H,21,25). The molecule has 1 saturated heterocycles. The second kappa shape index (κ2) is 9.24. The molecular weight excluding hydrogens is 334 g/mol. The molecule has 2 N–H and O–H groups in total. The lowest BCUT2D eigenvalue weighted by molar-refractivity contribution is -0.133. The average Bonchev–Trinajstić information content (AvgIpc) is 3.40. The quantitative estimate of drug-likeness (QED) is 0.674. The zero-order chi connectivity index (χ0) is 19.2. The molecule has 1 heterocycles. The van der Waals surface area contributed by atoms with Crippen LogP contribution in [-0.2, 0) is 14.3 Å². The fourth-order valence-electron chi connectivity index (χ4n) is 3.03. The van der Waals surface area contributed by atoms with Crippen molar-refractivity contribution in [2.75, 3.05) is 26.2 Å². The molecule has 2 rings (SSSR count). The van der Waals surface area contributed by atoms with Crippen molar-refractivity contribution in [3.63, 3.8) is 0 Å². The zero-order valence-corrected chi connectivity index (χ0v) is 16.3. The molecule has 0 bridgehead atoms. The normalized spacial score (nSPS) is 18.3. The fourth-order valence-corrected chi connectivity index (χ4v) is 3.03. The average molecular weight is 367 g/mol. The van der Waals surface area contributed by atoms with Crippen molar-refractivity contribution < 1.29 is 19.1 Å². The molecule has 7 heteroatoms. The van der Waals surface area contributed by atoms with Gasteiger partial charge in [0.1, 0.15) is 5.60 Å². The van der Waals surface area contributed by atoms with E-state index < -0.39 is 5.60 Å². The van der Waals surface area contributed by atoms with Crippen molar-refractivity contribution in [2.24, 2.45) is 11.8 Å². The lowest BCUT2D eigenvalue weighted by Crippen LogP contribution is -2.42. The van der Waals surface area contributed by atoms with Gasteiger partial charge < -0.3 is 20.3 Å². The van der Waals surface area contributed by atoms with Gasteiger partial charge in [-0.05, 0) is 58.8 Å². The van der Waals surface area contributed by atoms with Crippen molar-refractivity contribution in [1.82, 2.24) is 15.5 Å². The Labute approximate surface area is 156 Å².